The van der Waals surface area contributed by atoms with Crippen LogP contribution in [0.5, 0.6) is 0 Å². The molecule has 1 aliphatic rings. The zero-order valence-electron chi connectivity index (χ0n) is 11.0. The van der Waals surface area contributed by atoms with Crippen LogP contribution in [0.2, 0.25) is 0 Å². The van der Waals surface area contributed by atoms with E-state index >= 15 is 0 Å². The Labute approximate surface area is 109 Å². The summed E-state index contributed by atoms with van der Waals surface area (Å²) < 4.78 is 0. The van der Waals surface area contributed by atoms with Gasteiger partial charge in [-0.05, 0) is 48.3 Å². The molecule has 0 saturated carbocycles. The maximum Gasteiger partial charge on any atom is 0.0374 e. The van der Waals surface area contributed by atoms with Gasteiger partial charge in [-0.25, -0.2) is 0 Å². The molecule has 1 aliphatic heterocycles. The summed E-state index contributed by atoms with van der Waals surface area (Å²) >= 11 is 2.01. The first-order valence-electron chi connectivity index (χ1n) is 6.75. The Morgan fingerprint density at radius 1 is 1.29 bits per heavy atom. The zero-order valence-corrected chi connectivity index (χ0v) is 11.8. The summed E-state index contributed by atoms with van der Waals surface area (Å²) in [5, 5.41) is 3.41. The van der Waals surface area contributed by atoms with E-state index in [1.165, 1.54) is 47.6 Å². The van der Waals surface area contributed by atoms with Gasteiger partial charge in [0.2, 0.25) is 0 Å². The number of anilines is 1. The quantitative estimate of drug-likeness (QED) is 0.585. The van der Waals surface area contributed by atoms with Crippen LogP contribution >= 0.6 is 11.8 Å². The second kappa shape index (κ2) is 6.34. The highest BCUT2D eigenvalue weighted by atomic mass is 32.2. The molecule has 2 rings (SSSR count). The fourth-order valence-corrected chi connectivity index (χ4v) is 3.19. The van der Waals surface area contributed by atoms with Crippen molar-refractivity contribution >= 4 is 17.4 Å². The molecule has 0 aliphatic carbocycles. The van der Waals surface area contributed by atoms with E-state index in [1.807, 2.05) is 11.8 Å². The predicted molar refractivity (Wildman–Crippen MR) is 78.0 cm³/mol. The fraction of sp³-hybridized carbons (Fsp3) is 0.600. The Balaban J connectivity index is 1.72. The average Bonchev–Trinajstić information content (AvgIpc) is 2.75. The summed E-state index contributed by atoms with van der Waals surface area (Å²) in [4.78, 5) is 1.44. The average molecular weight is 249 g/mol. The van der Waals surface area contributed by atoms with Gasteiger partial charge in [-0.3, -0.25) is 0 Å². The number of rotatable bonds is 6. The van der Waals surface area contributed by atoms with Crippen LogP contribution in [-0.4, -0.2) is 12.3 Å². The van der Waals surface area contributed by atoms with E-state index in [0.29, 0.717) is 0 Å². The van der Waals surface area contributed by atoms with Gasteiger partial charge in [0.05, 0.1) is 0 Å². The first kappa shape index (κ1) is 12.8. The van der Waals surface area contributed by atoms with Gasteiger partial charge < -0.3 is 5.32 Å². The van der Waals surface area contributed by atoms with Crippen molar-refractivity contribution in [2.75, 3.05) is 17.6 Å². The first-order valence-corrected chi connectivity index (χ1v) is 7.74. The van der Waals surface area contributed by atoms with Crippen molar-refractivity contribution in [3.63, 3.8) is 0 Å². The molecule has 0 bridgehead atoms. The van der Waals surface area contributed by atoms with Gasteiger partial charge in [-0.15, -0.1) is 11.8 Å². The molecule has 0 unspecified atom stereocenters. The fourth-order valence-electron chi connectivity index (χ4n) is 2.22. The van der Waals surface area contributed by atoms with Crippen molar-refractivity contribution in [1.29, 1.82) is 0 Å². The largest absolute Gasteiger partial charge is 0.384 e. The summed E-state index contributed by atoms with van der Waals surface area (Å²) in [5.74, 6) is 2.12. The Kier molecular flexibility index (Phi) is 4.78. The van der Waals surface area contributed by atoms with Crippen LogP contribution in [0.4, 0.5) is 5.69 Å². The maximum absolute atomic E-state index is 3.41. The molecule has 17 heavy (non-hydrogen) atoms. The van der Waals surface area contributed by atoms with Crippen LogP contribution < -0.4 is 5.32 Å². The van der Waals surface area contributed by atoms with Crippen LogP contribution in [-0.2, 0) is 6.42 Å². The Hall–Kier alpha value is -0.630. The van der Waals surface area contributed by atoms with Crippen molar-refractivity contribution in [2.24, 2.45) is 5.92 Å². The highest BCUT2D eigenvalue weighted by Crippen LogP contribution is 2.28. The smallest absolute Gasteiger partial charge is 0.0374 e. The van der Waals surface area contributed by atoms with Crippen LogP contribution in [0.15, 0.2) is 23.1 Å². The van der Waals surface area contributed by atoms with Gasteiger partial charge in [0.1, 0.15) is 0 Å². The minimum Gasteiger partial charge on any atom is -0.384 e. The number of fused-ring (bicyclic) bond motifs is 1. The van der Waals surface area contributed by atoms with Crippen molar-refractivity contribution < 1.29 is 0 Å². The number of benzene rings is 1. The normalized spacial score (nSPS) is 13.8. The molecule has 0 atom stereocenters. The molecule has 94 valence electrons. The lowest BCUT2D eigenvalue weighted by atomic mass is 10.1. The number of nitrogens with one attached hydrogen (secondary N) is 1. The number of hydrogen-bond acceptors (Lipinski definition) is 2. The molecular weight excluding hydrogens is 226 g/mol. The first-order chi connectivity index (χ1) is 8.25. The summed E-state index contributed by atoms with van der Waals surface area (Å²) in [5.41, 5.74) is 2.84. The monoisotopic (exact) mass is 249 g/mol. The zero-order chi connectivity index (χ0) is 12.1. The molecule has 1 nitrogen and oxygen atoms in total. The molecule has 1 aromatic rings. The number of thioether (sulfide) groups is 1. The second-order valence-electron chi connectivity index (χ2n) is 5.23. The summed E-state index contributed by atoms with van der Waals surface area (Å²) in [6.07, 6.45) is 5.28. The minimum absolute atomic E-state index is 0.853. The molecule has 0 fully saturated rings. The van der Waals surface area contributed by atoms with Gasteiger partial charge in [-0.1, -0.05) is 26.7 Å². The summed E-state index contributed by atoms with van der Waals surface area (Å²) in [7, 11) is 0. The Bertz CT molecular complexity index is 360. The number of unbranched alkanes of at least 4 members (excludes halogenated alkanes) is 1. The second-order valence-corrected chi connectivity index (χ2v) is 6.40. The lowest BCUT2D eigenvalue weighted by Crippen LogP contribution is -1.90. The van der Waals surface area contributed by atoms with Gasteiger partial charge in [0.25, 0.3) is 0 Å². The van der Waals surface area contributed by atoms with Crippen molar-refractivity contribution in [3.05, 3.63) is 23.8 Å². The molecule has 0 spiro atoms. The van der Waals surface area contributed by atoms with E-state index in [0.717, 1.165) is 12.5 Å². The molecular formula is C15H23NS. The Morgan fingerprint density at radius 2 is 2.18 bits per heavy atom. The topological polar surface area (TPSA) is 12.0 Å². The molecule has 0 saturated heterocycles. The third-order valence-electron chi connectivity index (χ3n) is 3.23. The Morgan fingerprint density at radius 3 is 3.00 bits per heavy atom. The van der Waals surface area contributed by atoms with Crippen LogP contribution in [0, 0.1) is 5.92 Å². The van der Waals surface area contributed by atoms with E-state index < -0.39 is 0 Å². The number of hydrogen-bond donors (Lipinski definition) is 1. The molecule has 1 heterocycles. The molecule has 0 amide bonds. The molecule has 0 aromatic heterocycles. The van der Waals surface area contributed by atoms with E-state index in [-0.39, 0.29) is 0 Å². The van der Waals surface area contributed by atoms with Crippen LogP contribution in [0.1, 0.15) is 38.7 Å². The van der Waals surface area contributed by atoms with E-state index in [9.17, 15) is 0 Å². The minimum atomic E-state index is 0.853. The van der Waals surface area contributed by atoms with Gasteiger partial charge in [-0.2, -0.15) is 0 Å². The third kappa shape index (κ3) is 3.95. The van der Waals surface area contributed by atoms with E-state index in [2.05, 4.69) is 37.4 Å². The van der Waals surface area contributed by atoms with Gasteiger partial charge in [0, 0.05) is 17.1 Å². The lowest BCUT2D eigenvalue weighted by molar-refractivity contribution is 0.551. The van der Waals surface area contributed by atoms with Crippen LogP contribution in [0.25, 0.3) is 0 Å². The van der Waals surface area contributed by atoms with Crippen molar-refractivity contribution in [3.8, 4) is 0 Å². The SMILES string of the molecule is CC(C)CCCCSc1ccc2c(c1)CCN2. The van der Waals surface area contributed by atoms with Crippen LogP contribution in [0.3, 0.4) is 0 Å². The predicted octanol–water partition coefficient (Wildman–Crippen LogP) is 4.57. The standard InChI is InChI=1S/C15H23NS/c1-12(2)5-3-4-10-17-14-6-7-15-13(11-14)8-9-16-15/h6-7,11-12,16H,3-5,8-10H2,1-2H3. The summed E-state index contributed by atoms with van der Waals surface area (Å²) in [6.45, 7) is 5.72. The third-order valence-corrected chi connectivity index (χ3v) is 4.31. The molecule has 1 aromatic carbocycles. The highest BCUT2D eigenvalue weighted by molar-refractivity contribution is 7.99. The van der Waals surface area contributed by atoms with Gasteiger partial charge in [0.15, 0.2) is 0 Å². The van der Waals surface area contributed by atoms with Gasteiger partial charge >= 0.3 is 0 Å². The van der Waals surface area contributed by atoms with E-state index in [1.54, 1.807) is 0 Å². The van der Waals surface area contributed by atoms with E-state index in [4.69, 9.17) is 0 Å². The molecule has 0 radical (unpaired) electrons. The lowest BCUT2D eigenvalue weighted by Gasteiger charge is -2.06. The highest BCUT2D eigenvalue weighted by Gasteiger charge is 2.09. The van der Waals surface area contributed by atoms with Crippen molar-refractivity contribution in [2.45, 2.75) is 44.4 Å². The maximum atomic E-state index is 3.41. The van der Waals surface area contributed by atoms with Crippen molar-refractivity contribution in [1.82, 2.24) is 0 Å². The molecule has 1 N–H and O–H groups in total. The summed E-state index contributed by atoms with van der Waals surface area (Å²) in [6, 6.07) is 6.85. The molecule has 2 heteroatoms.